The van der Waals surface area contributed by atoms with E-state index in [9.17, 15) is 8.42 Å². The molecular formula is C17H25IN4O2S2. The van der Waals surface area contributed by atoms with E-state index in [4.69, 9.17) is 0 Å². The second-order valence-corrected chi connectivity index (χ2v) is 8.90. The van der Waals surface area contributed by atoms with Crippen molar-refractivity contribution >= 4 is 51.1 Å². The summed E-state index contributed by atoms with van der Waals surface area (Å²) >= 11 is 1.63. The number of hydrogen-bond donors (Lipinski definition) is 2. The number of aliphatic imine (C=N–C) groups is 1. The zero-order chi connectivity index (χ0) is 18.3. The molecule has 0 saturated heterocycles. The predicted molar refractivity (Wildman–Crippen MR) is 118 cm³/mol. The minimum atomic E-state index is -3.30. The van der Waals surface area contributed by atoms with Crippen LogP contribution >= 0.6 is 35.3 Å². The molecule has 0 aliphatic rings. The van der Waals surface area contributed by atoms with Crippen molar-refractivity contribution in [3.8, 4) is 0 Å². The maximum Gasteiger partial charge on any atom is 0.191 e. The Balaban J connectivity index is 0.00000338. The first kappa shape index (κ1) is 22.8. The third-order valence-electron chi connectivity index (χ3n) is 3.56. The van der Waals surface area contributed by atoms with E-state index >= 15 is 0 Å². The van der Waals surface area contributed by atoms with Gasteiger partial charge in [0.1, 0.15) is 5.01 Å². The molecule has 0 aliphatic heterocycles. The molecule has 6 nitrogen and oxygen atoms in total. The van der Waals surface area contributed by atoms with E-state index in [1.54, 1.807) is 41.7 Å². The summed E-state index contributed by atoms with van der Waals surface area (Å²) in [5.41, 5.74) is 1.03. The van der Waals surface area contributed by atoms with Crippen molar-refractivity contribution in [1.82, 2.24) is 15.6 Å². The minimum absolute atomic E-state index is 0. The Morgan fingerprint density at radius 2 is 1.88 bits per heavy atom. The molecule has 2 aromatic rings. The Kier molecular flexibility index (Phi) is 9.51. The first-order valence-electron chi connectivity index (χ1n) is 8.15. The van der Waals surface area contributed by atoms with Gasteiger partial charge in [-0.25, -0.2) is 18.4 Å². The highest BCUT2D eigenvalue weighted by molar-refractivity contribution is 14.0. The summed E-state index contributed by atoms with van der Waals surface area (Å²) in [5.74, 6) is 0.605. The number of benzene rings is 1. The molecule has 0 atom stereocenters. The highest BCUT2D eigenvalue weighted by Gasteiger charge is 2.13. The number of thiazole rings is 1. The van der Waals surface area contributed by atoms with E-state index in [1.165, 1.54) is 4.88 Å². The zero-order valence-electron chi connectivity index (χ0n) is 15.2. The molecule has 9 heteroatoms. The predicted octanol–water partition coefficient (Wildman–Crippen LogP) is 2.91. The molecule has 26 heavy (non-hydrogen) atoms. The quantitative estimate of drug-likeness (QED) is 0.342. The molecule has 2 N–H and O–H groups in total. The number of hydrogen-bond acceptors (Lipinski definition) is 5. The summed E-state index contributed by atoms with van der Waals surface area (Å²) in [5, 5.41) is 7.14. The Bertz CT molecular complexity index is 801. The van der Waals surface area contributed by atoms with Crippen LogP contribution in [0.15, 0.2) is 40.2 Å². The van der Waals surface area contributed by atoms with Crippen molar-refractivity contribution in [1.29, 1.82) is 0 Å². The van der Waals surface area contributed by atoms with Crippen molar-refractivity contribution in [3.05, 3.63) is 45.9 Å². The first-order valence-corrected chi connectivity index (χ1v) is 10.6. The number of halogens is 1. The largest absolute Gasteiger partial charge is 0.357 e. The maximum absolute atomic E-state index is 12.3. The van der Waals surface area contributed by atoms with Crippen LogP contribution in [-0.4, -0.2) is 38.2 Å². The van der Waals surface area contributed by atoms with Crippen molar-refractivity contribution in [3.63, 3.8) is 0 Å². The highest BCUT2D eigenvalue weighted by Crippen LogP contribution is 2.16. The molecule has 1 aromatic heterocycles. The molecule has 0 radical (unpaired) electrons. The third-order valence-corrected chi connectivity index (χ3v) is 6.34. The Labute approximate surface area is 176 Å². The summed E-state index contributed by atoms with van der Waals surface area (Å²) in [4.78, 5) is 10.5. The average molecular weight is 508 g/mol. The van der Waals surface area contributed by atoms with Gasteiger partial charge in [0.2, 0.25) is 0 Å². The minimum Gasteiger partial charge on any atom is -0.357 e. The fraction of sp³-hybridized carbons (Fsp3) is 0.412. The molecule has 144 valence electrons. The van der Waals surface area contributed by atoms with Crippen molar-refractivity contribution < 1.29 is 8.42 Å². The van der Waals surface area contributed by atoms with E-state index in [0.717, 1.165) is 10.7 Å². The summed E-state index contributed by atoms with van der Waals surface area (Å²) in [7, 11) is -3.30. The van der Waals surface area contributed by atoms with Crippen LogP contribution < -0.4 is 10.6 Å². The van der Waals surface area contributed by atoms with Crippen LogP contribution in [0.5, 0.6) is 0 Å². The van der Waals surface area contributed by atoms with Gasteiger partial charge in [-0.15, -0.1) is 35.3 Å². The normalized spacial score (nSPS) is 11.7. The highest BCUT2D eigenvalue weighted by atomic mass is 127. The molecule has 0 spiro atoms. The van der Waals surface area contributed by atoms with E-state index in [2.05, 4.69) is 20.6 Å². The third kappa shape index (κ3) is 6.84. The van der Waals surface area contributed by atoms with Crippen LogP contribution in [0.1, 0.15) is 22.5 Å². The van der Waals surface area contributed by atoms with E-state index in [0.29, 0.717) is 30.5 Å². The van der Waals surface area contributed by atoms with Gasteiger partial charge < -0.3 is 10.6 Å². The number of guanidine groups is 1. The SMILES string of the molecule is CCNC(=NCc1nc(C)c(C)s1)NCCS(=O)(=O)c1ccccc1.I. The molecule has 0 saturated carbocycles. The number of nitrogens with zero attached hydrogens (tertiary/aromatic N) is 2. The van der Waals surface area contributed by atoms with E-state index in [-0.39, 0.29) is 29.7 Å². The number of rotatable bonds is 7. The number of aryl methyl sites for hydroxylation is 2. The standard InChI is InChI=1S/C17H24N4O2S2.HI/c1-4-18-17(20-12-16-21-13(2)14(3)24-16)19-10-11-25(22,23)15-8-6-5-7-9-15;/h5-9H,4,10-12H2,1-3H3,(H2,18,19,20);1H. The van der Waals surface area contributed by atoms with E-state index in [1.807, 2.05) is 20.8 Å². The lowest BCUT2D eigenvalue weighted by atomic mass is 10.4. The van der Waals surface area contributed by atoms with Gasteiger partial charge in [0.25, 0.3) is 0 Å². The monoisotopic (exact) mass is 508 g/mol. The van der Waals surface area contributed by atoms with Gasteiger partial charge in [0.05, 0.1) is 22.9 Å². The molecule has 1 aromatic carbocycles. The molecule has 0 fully saturated rings. The molecule has 0 aliphatic carbocycles. The van der Waals surface area contributed by atoms with Crippen molar-refractivity contribution in [2.45, 2.75) is 32.2 Å². The van der Waals surface area contributed by atoms with Crippen LogP contribution in [0.3, 0.4) is 0 Å². The second kappa shape index (κ2) is 10.8. The summed E-state index contributed by atoms with van der Waals surface area (Å²) in [6.45, 7) is 7.46. The number of sulfone groups is 1. The second-order valence-electron chi connectivity index (χ2n) is 5.50. The van der Waals surface area contributed by atoms with Crippen LogP contribution in [0.25, 0.3) is 0 Å². The van der Waals surface area contributed by atoms with Gasteiger partial charge in [0, 0.05) is 18.0 Å². The lowest BCUT2D eigenvalue weighted by molar-refractivity contribution is 0.594. The molecule has 0 unspecified atom stereocenters. The fourth-order valence-corrected chi connectivity index (χ4v) is 4.18. The number of aromatic nitrogens is 1. The van der Waals surface area contributed by atoms with Crippen LogP contribution in [0.2, 0.25) is 0 Å². The molecule has 1 heterocycles. The van der Waals surface area contributed by atoms with Gasteiger partial charge >= 0.3 is 0 Å². The topological polar surface area (TPSA) is 83.4 Å². The van der Waals surface area contributed by atoms with Crippen molar-refractivity contribution in [2.24, 2.45) is 4.99 Å². The first-order chi connectivity index (χ1) is 11.9. The Morgan fingerprint density at radius 1 is 1.19 bits per heavy atom. The van der Waals surface area contributed by atoms with Crippen LogP contribution in [0.4, 0.5) is 0 Å². The fourth-order valence-electron chi connectivity index (χ4n) is 2.14. The van der Waals surface area contributed by atoms with Gasteiger partial charge in [-0.3, -0.25) is 0 Å². The lowest BCUT2D eigenvalue weighted by Crippen LogP contribution is -2.39. The van der Waals surface area contributed by atoms with Crippen molar-refractivity contribution in [2.75, 3.05) is 18.8 Å². The average Bonchev–Trinajstić information content (AvgIpc) is 2.91. The van der Waals surface area contributed by atoms with Gasteiger partial charge in [-0.05, 0) is 32.9 Å². The molecule has 2 rings (SSSR count). The summed E-state index contributed by atoms with van der Waals surface area (Å²) < 4.78 is 24.6. The van der Waals surface area contributed by atoms with Gasteiger partial charge in [0.15, 0.2) is 15.8 Å². The van der Waals surface area contributed by atoms with E-state index < -0.39 is 9.84 Å². The summed E-state index contributed by atoms with van der Waals surface area (Å²) in [6, 6.07) is 8.48. The Morgan fingerprint density at radius 3 is 2.46 bits per heavy atom. The van der Waals surface area contributed by atoms with Crippen LogP contribution in [-0.2, 0) is 16.4 Å². The van der Waals surface area contributed by atoms with Gasteiger partial charge in [-0.1, -0.05) is 18.2 Å². The maximum atomic E-state index is 12.3. The zero-order valence-corrected chi connectivity index (χ0v) is 19.1. The summed E-state index contributed by atoms with van der Waals surface area (Å²) in [6.07, 6.45) is 0. The number of nitrogens with one attached hydrogen (secondary N) is 2. The van der Waals surface area contributed by atoms with Crippen LogP contribution in [0, 0.1) is 13.8 Å². The lowest BCUT2D eigenvalue weighted by Gasteiger charge is -2.11. The molecule has 0 amide bonds. The smallest absolute Gasteiger partial charge is 0.191 e. The van der Waals surface area contributed by atoms with Gasteiger partial charge in [-0.2, -0.15) is 0 Å². The molecule has 0 bridgehead atoms. The Hall–Kier alpha value is -1.20. The molecular weight excluding hydrogens is 483 g/mol.